The summed E-state index contributed by atoms with van der Waals surface area (Å²) in [7, 11) is 3.12. The number of carbonyl (C=O) groups is 1. The van der Waals surface area contributed by atoms with Crippen LogP contribution in [0.5, 0.6) is 0 Å². The number of nitrogens with zero attached hydrogens (tertiary/aromatic N) is 2. The van der Waals surface area contributed by atoms with E-state index in [1.807, 2.05) is 0 Å². The summed E-state index contributed by atoms with van der Waals surface area (Å²) in [5, 5.41) is 10.1. The predicted octanol–water partition coefficient (Wildman–Crippen LogP) is 0.0479. The van der Waals surface area contributed by atoms with Gasteiger partial charge in [-0.15, -0.1) is 0 Å². The predicted molar refractivity (Wildman–Crippen MR) is 56.6 cm³/mol. The summed E-state index contributed by atoms with van der Waals surface area (Å²) in [6.07, 6.45) is 2.15. The van der Waals surface area contributed by atoms with Gasteiger partial charge in [-0.3, -0.25) is 9.89 Å². The molecular weight excluding hydrogens is 216 g/mol. The Morgan fingerprint density at radius 2 is 2.60 bits per heavy atom. The van der Waals surface area contributed by atoms with Gasteiger partial charge in [-0.2, -0.15) is 5.10 Å². The van der Waals surface area contributed by atoms with Gasteiger partial charge in [0.2, 0.25) is 0 Å². The Morgan fingerprint density at radius 1 is 1.80 bits per heavy atom. The van der Waals surface area contributed by atoms with E-state index in [1.165, 1.54) is 25.2 Å². The van der Waals surface area contributed by atoms with Gasteiger partial charge in [0.1, 0.15) is 12.4 Å². The van der Waals surface area contributed by atoms with Gasteiger partial charge < -0.3 is 10.1 Å². The molecule has 0 saturated heterocycles. The molecule has 0 aliphatic rings. The zero-order valence-electron chi connectivity index (χ0n) is 8.69. The molecule has 0 aromatic carbocycles. The number of thioether (sulfide) groups is 1. The van der Waals surface area contributed by atoms with E-state index >= 15 is 0 Å². The Kier molecular flexibility index (Phi) is 5.13. The van der Waals surface area contributed by atoms with Crippen molar-refractivity contribution in [2.24, 2.45) is 0 Å². The third-order valence-corrected chi connectivity index (χ3v) is 2.78. The van der Waals surface area contributed by atoms with Crippen LogP contribution >= 0.6 is 11.8 Å². The molecule has 15 heavy (non-hydrogen) atoms. The van der Waals surface area contributed by atoms with Crippen molar-refractivity contribution < 1.29 is 9.53 Å². The quantitative estimate of drug-likeness (QED) is 0.531. The second kappa shape index (κ2) is 6.41. The fourth-order valence-corrected chi connectivity index (χ4v) is 1.85. The fraction of sp³-hybridized carbons (Fsp3) is 0.625. The summed E-state index contributed by atoms with van der Waals surface area (Å²) in [4.78, 5) is 15.2. The van der Waals surface area contributed by atoms with E-state index in [2.05, 4.69) is 25.2 Å². The van der Waals surface area contributed by atoms with Crippen molar-refractivity contribution in [3.8, 4) is 0 Å². The molecule has 0 spiro atoms. The molecule has 1 heterocycles. The summed E-state index contributed by atoms with van der Waals surface area (Å²) in [6.45, 7) is 0. The summed E-state index contributed by atoms with van der Waals surface area (Å²) >= 11 is 1.52. The number of aromatic nitrogens is 3. The Hall–Kier alpha value is -1.08. The summed E-state index contributed by atoms with van der Waals surface area (Å²) in [5.41, 5.74) is 0. The minimum Gasteiger partial charge on any atom is -0.468 e. The van der Waals surface area contributed by atoms with Crippen molar-refractivity contribution in [1.29, 1.82) is 0 Å². The smallest absolute Gasteiger partial charge is 0.322 e. The summed E-state index contributed by atoms with van der Waals surface area (Å²) < 4.78 is 4.64. The maximum atomic E-state index is 11.2. The third-order valence-electron chi connectivity index (χ3n) is 1.87. The van der Waals surface area contributed by atoms with E-state index in [0.29, 0.717) is 6.42 Å². The number of methoxy groups -OCH3 is 1. The maximum Gasteiger partial charge on any atom is 0.322 e. The average molecular weight is 230 g/mol. The number of nitrogens with one attached hydrogen (secondary N) is 2. The largest absolute Gasteiger partial charge is 0.468 e. The van der Waals surface area contributed by atoms with Crippen LogP contribution in [-0.4, -0.2) is 47.1 Å². The molecule has 0 saturated carbocycles. The highest BCUT2D eigenvalue weighted by Crippen LogP contribution is 2.13. The normalized spacial score (nSPS) is 12.4. The SMILES string of the molecule is CNC(CCSc1ncn[nH]1)C(=O)OC. The first-order valence-corrected chi connectivity index (χ1v) is 5.49. The molecule has 2 N–H and O–H groups in total. The Labute approximate surface area is 92.2 Å². The molecule has 0 fully saturated rings. The van der Waals surface area contributed by atoms with Gasteiger partial charge in [-0.1, -0.05) is 11.8 Å². The minimum absolute atomic E-state index is 0.240. The van der Waals surface area contributed by atoms with Crippen molar-refractivity contribution in [3.63, 3.8) is 0 Å². The highest BCUT2D eigenvalue weighted by atomic mass is 32.2. The first kappa shape index (κ1) is 12.0. The average Bonchev–Trinajstić information content (AvgIpc) is 2.76. The lowest BCUT2D eigenvalue weighted by Gasteiger charge is -2.12. The zero-order valence-corrected chi connectivity index (χ0v) is 9.50. The van der Waals surface area contributed by atoms with Crippen molar-refractivity contribution >= 4 is 17.7 Å². The number of aromatic amines is 1. The lowest BCUT2D eigenvalue weighted by atomic mass is 10.2. The molecule has 1 unspecified atom stereocenters. The van der Waals surface area contributed by atoms with Crippen LogP contribution in [0.1, 0.15) is 6.42 Å². The molecule has 0 bridgehead atoms. The van der Waals surface area contributed by atoms with E-state index in [1.54, 1.807) is 7.05 Å². The van der Waals surface area contributed by atoms with Gasteiger partial charge in [0.25, 0.3) is 0 Å². The summed E-state index contributed by atoms with van der Waals surface area (Å²) in [6, 6.07) is -0.259. The molecule has 6 nitrogen and oxygen atoms in total. The zero-order chi connectivity index (χ0) is 11.1. The molecule has 0 radical (unpaired) electrons. The second-order valence-electron chi connectivity index (χ2n) is 2.79. The first-order chi connectivity index (χ1) is 7.27. The number of H-pyrrole nitrogens is 1. The van der Waals surface area contributed by atoms with Crippen LogP contribution in [0, 0.1) is 0 Å². The van der Waals surface area contributed by atoms with E-state index in [0.717, 1.165) is 10.9 Å². The van der Waals surface area contributed by atoms with Crippen molar-refractivity contribution in [2.75, 3.05) is 19.9 Å². The molecule has 0 aliphatic heterocycles. The van der Waals surface area contributed by atoms with E-state index in [9.17, 15) is 4.79 Å². The van der Waals surface area contributed by atoms with Crippen LogP contribution in [0.2, 0.25) is 0 Å². The van der Waals surface area contributed by atoms with Crippen LogP contribution in [-0.2, 0) is 9.53 Å². The monoisotopic (exact) mass is 230 g/mol. The minimum atomic E-state index is -0.259. The number of hydrogen-bond acceptors (Lipinski definition) is 6. The first-order valence-electron chi connectivity index (χ1n) is 4.51. The van der Waals surface area contributed by atoms with Gasteiger partial charge in [0, 0.05) is 5.75 Å². The molecule has 7 heteroatoms. The Balaban J connectivity index is 2.26. The molecule has 84 valence electrons. The lowest BCUT2D eigenvalue weighted by molar-refractivity contribution is -0.143. The van der Waals surface area contributed by atoms with Crippen LogP contribution in [0.3, 0.4) is 0 Å². The van der Waals surface area contributed by atoms with Crippen molar-refractivity contribution in [3.05, 3.63) is 6.33 Å². The van der Waals surface area contributed by atoms with Crippen LogP contribution < -0.4 is 5.32 Å². The number of carbonyl (C=O) groups excluding carboxylic acids is 1. The molecule has 1 aromatic heterocycles. The van der Waals surface area contributed by atoms with Crippen LogP contribution in [0.15, 0.2) is 11.5 Å². The lowest BCUT2D eigenvalue weighted by Crippen LogP contribution is -2.35. The highest BCUT2D eigenvalue weighted by molar-refractivity contribution is 7.99. The highest BCUT2D eigenvalue weighted by Gasteiger charge is 2.16. The molecule has 1 aromatic rings. The van der Waals surface area contributed by atoms with Crippen LogP contribution in [0.4, 0.5) is 0 Å². The van der Waals surface area contributed by atoms with Gasteiger partial charge in [0.15, 0.2) is 5.16 Å². The van der Waals surface area contributed by atoms with Crippen molar-refractivity contribution in [2.45, 2.75) is 17.6 Å². The summed E-state index contributed by atoms with van der Waals surface area (Å²) in [5.74, 6) is 0.533. The van der Waals surface area contributed by atoms with Crippen molar-refractivity contribution in [1.82, 2.24) is 20.5 Å². The molecule has 1 atom stereocenters. The molecule has 0 aliphatic carbocycles. The number of esters is 1. The van der Waals surface area contributed by atoms with Gasteiger partial charge in [0.05, 0.1) is 7.11 Å². The molecule has 0 amide bonds. The van der Waals surface area contributed by atoms with Gasteiger partial charge in [-0.05, 0) is 13.5 Å². The van der Waals surface area contributed by atoms with Gasteiger partial charge >= 0.3 is 5.97 Å². The maximum absolute atomic E-state index is 11.2. The number of likely N-dealkylation sites (N-methyl/N-ethyl adjacent to an activating group) is 1. The number of hydrogen-bond donors (Lipinski definition) is 2. The topological polar surface area (TPSA) is 79.9 Å². The van der Waals surface area contributed by atoms with Crippen LogP contribution in [0.25, 0.3) is 0 Å². The number of rotatable bonds is 6. The second-order valence-corrected chi connectivity index (χ2v) is 3.88. The van der Waals surface area contributed by atoms with E-state index in [4.69, 9.17) is 0 Å². The molecular formula is C8H14N4O2S. The van der Waals surface area contributed by atoms with E-state index in [-0.39, 0.29) is 12.0 Å². The fourth-order valence-electron chi connectivity index (χ4n) is 1.06. The Bertz CT molecular complexity index is 291. The standard InChI is InChI=1S/C8H14N4O2S/c1-9-6(7(13)14-2)3-4-15-8-10-5-11-12-8/h5-6,9H,3-4H2,1-2H3,(H,10,11,12). The number of ether oxygens (including phenoxy) is 1. The third kappa shape index (κ3) is 3.88. The van der Waals surface area contributed by atoms with E-state index < -0.39 is 0 Å². The van der Waals surface area contributed by atoms with Gasteiger partial charge in [-0.25, -0.2) is 4.98 Å². The Morgan fingerprint density at radius 3 is 3.13 bits per heavy atom. The molecule has 1 rings (SSSR count).